The number of benzene rings is 1. The summed E-state index contributed by atoms with van der Waals surface area (Å²) in [4.78, 5) is 13.4. The van der Waals surface area contributed by atoms with E-state index in [0.717, 1.165) is 12.1 Å². The molecule has 0 spiro atoms. The molecule has 0 heterocycles. The van der Waals surface area contributed by atoms with Gasteiger partial charge in [0, 0.05) is 25.0 Å². The lowest BCUT2D eigenvalue weighted by atomic mass is 10.1. The summed E-state index contributed by atoms with van der Waals surface area (Å²) in [5.41, 5.74) is 7.11. The molecule has 0 aliphatic carbocycles. The fourth-order valence-corrected chi connectivity index (χ4v) is 1.42. The van der Waals surface area contributed by atoms with Crippen molar-refractivity contribution in [1.82, 2.24) is 0 Å². The van der Waals surface area contributed by atoms with Crippen LogP contribution in [-0.2, 0) is 9.53 Å². The average molecular weight is 250 g/mol. The van der Waals surface area contributed by atoms with Gasteiger partial charge in [0.2, 0.25) is 0 Å². The Hall–Kier alpha value is -1.55. The van der Waals surface area contributed by atoms with Crippen molar-refractivity contribution in [3.63, 3.8) is 0 Å². The Kier molecular flexibility index (Phi) is 5.65. The van der Waals surface area contributed by atoms with E-state index in [1.807, 2.05) is 12.1 Å². The number of nitrogens with zero attached hydrogens (tertiary/aromatic N) is 1. The van der Waals surface area contributed by atoms with Gasteiger partial charge in [-0.05, 0) is 36.6 Å². The highest BCUT2D eigenvalue weighted by Crippen LogP contribution is 2.14. The molecule has 0 saturated carbocycles. The number of ether oxygens (including phenoxy) is 1. The maximum Gasteiger partial charge on any atom is 0.252 e. The number of rotatable bonds is 6. The van der Waals surface area contributed by atoms with E-state index < -0.39 is 0 Å². The quantitative estimate of drug-likeness (QED) is 0.622. The molecule has 1 aromatic carbocycles. The summed E-state index contributed by atoms with van der Waals surface area (Å²) >= 11 is 0. The fourth-order valence-electron chi connectivity index (χ4n) is 1.42. The van der Waals surface area contributed by atoms with Crippen molar-refractivity contribution in [3.8, 4) is 0 Å². The molecule has 0 atom stereocenters. The first kappa shape index (κ1) is 14.5. The highest BCUT2D eigenvalue weighted by molar-refractivity contribution is 5.93. The van der Waals surface area contributed by atoms with Crippen molar-refractivity contribution in [2.24, 2.45) is 5.92 Å². The second kappa shape index (κ2) is 7.01. The van der Waals surface area contributed by atoms with Crippen molar-refractivity contribution < 1.29 is 9.53 Å². The Labute approximate surface area is 109 Å². The first-order chi connectivity index (χ1) is 8.50. The summed E-state index contributed by atoms with van der Waals surface area (Å²) in [6.07, 6.45) is 0.971. The third-order valence-electron chi connectivity index (χ3n) is 2.72. The molecule has 0 saturated heterocycles. The zero-order valence-electron chi connectivity index (χ0n) is 11.3. The lowest BCUT2D eigenvalue weighted by Gasteiger charge is -2.17. The van der Waals surface area contributed by atoms with Crippen LogP contribution in [0.2, 0.25) is 0 Å². The predicted molar refractivity (Wildman–Crippen MR) is 74.5 cm³/mol. The number of hydrogen-bond donors (Lipinski definition) is 1. The van der Waals surface area contributed by atoms with Crippen LogP contribution >= 0.6 is 0 Å². The second-order valence-electron chi connectivity index (χ2n) is 4.78. The number of nitrogen functional groups attached to an aromatic ring is 1. The number of anilines is 2. The second-order valence-corrected chi connectivity index (χ2v) is 4.78. The average Bonchev–Trinajstić information content (AvgIpc) is 2.34. The number of amides is 1. The van der Waals surface area contributed by atoms with E-state index >= 15 is 0 Å². The fraction of sp³-hybridized carbons (Fsp3) is 0.500. The molecule has 4 heteroatoms. The summed E-state index contributed by atoms with van der Waals surface area (Å²) < 4.78 is 5.36. The summed E-state index contributed by atoms with van der Waals surface area (Å²) in [7, 11) is 1.74. The smallest absolute Gasteiger partial charge is 0.252 e. The molecule has 0 unspecified atom stereocenters. The molecule has 0 aromatic heterocycles. The van der Waals surface area contributed by atoms with Crippen molar-refractivity contribution in [3.05, 3.63) is 24.3 Å². The van der Waals surface area contributed by atoms with E-state index in [1.54, 1.807) is 24.1 Å². The van der Waals surface area contributed by atoms with Gasteiger partial charge in [0.05, 0.1) is 0 Å². The van der Waals surface area contributed by atoms with E-state index in [0.29, 0.717) is 18.2 Å². The van der Waals surface area contributed by atoms with Crippen LogP contribution in [0.1, 0.15) is 20.3 Å². The van der Waals surface area contributed by atoms with E-state index in [1.165, 1.54) is 0 Å². The van der Waals surface area contributed by atoms with Gasteiger partial charge in [0.25, 0.3) is 5.91 Å². The van der Waals surface area contributed by atoms with Gasteiger partial charge in [-0.15, -0.1) is 0 Å². The van der Waals surface area contributed by atoms with Crippen molar-refractivity contribution in [2.75, 3.05) is 30.9 Å². The molecule has 2 N–H and O–H groups in total. The maximum atomic E-state index is 11.8. The normalized spacial score (nSPS) is 10.7. The number of hydrogen-bond acceptors (Lipinski definition) is 3. The van der Waals surface area contributed by atoms with Crippen LogP contribution in [0.5, 0.6) is 0 Å². The molecule has 1 aromatic rings. The zero-order valence-corrected chi connectivity index (χ0v) is 11.3. The summed E-state index contributed by atoms with van der Waals surface area (Å²) in [5, 5.41) is 0. The van der Waals surface area contributed by atoms with Crippen LogP contribution in [-0.4, -0.2) is 26.2 Å². The third-order valence-corrected chi connectivity index (χ3v) is 2.72. The van der Waals surface area contributed by atoms with Crippen LogP contribution in [0, 0.1) is 5.92 Å². The minimum absolute atomic E-state index is 0.0523. The highest BCUT2D eigenvalue weighted by Gasteiger charge is 2.10. The van der Waals surface area contributed by atoms with Gasteiger partial charge < -0.3 is 15.4 Å². The van der Waals surface area contributed by atoms with E-state index in [-0.39, 0.29) is 12.5 Å². The lowest BCUT2D eigenvalue weighted by Crippen LogP contribution is -2.30. The van der Waals surface area contributed by atoms with Gasteiger partial charge in [0.1, 0.15) is 6.61 Å². The molecular weight excluding hydrogens is 228 g/mol. The van der Waals surface area contributed by atoms with Crippen LogP contribution < -0.4 is 10.6 Å². The van der Waals surface area contributed by atoms with Gasteiger partial charge in [-0.25, -0.2) is 0 Å². The van der Waals surface area contributed by atoms with Crippen LogP contribution in [0.25, 0.3) is 0 Å². The summed E-state index contributed by atoms with van der Waals surface area (Å²) in [6.45, 7) is 5.00. The number of carbonyl (C=O) groups is 1. The molecule has 0 aliphatic heterocycles. The first-order valence-corrected chi connectivity index (χ1v) is 6.20. The zero-order chi connectivity index (χ0) is 13.5. The maximum absolute atomic E-state index is 11.8. The third kappa shape index (κ3) is 4.75. The highest BCUT2D eigenvalue weighted by atomic mass is 16.5. The molecule has 4 nitrogen and oxygen atoms in total. The molecule has 0 bridgehead atoms. The van der Waals surface area contributed by atoms with Crippen LogP contribution in [0.4, 0.5) is 11.4 Å². The molecule has 0 aliphatic rings. The van der Waals surface area contributed by atoms with Crippen LogP contribution in [0.15, 0.2) is 24.3 Å². The number of likely N-dealkylation sites (N-methyl/N-ethyl adjacent to an activating group) is 1. The molecule has 18 heavy (non-hydrogen) atoms. The Morgan fingerprint density at radius 2 is 1.94 bits per heavy atom. The molecule has 1 rings (SSSR count). The molecule has 0 radical (unpaired) electrons. The Balaban J connectivity index is 2.39. The molecular formula is C14H22N2O2. The Morgan fingerprint density at radius 3 is 2.50 bits per heavy atom. The van der Waals surface area contributed by atoms with Gasteiger partial charge in [-0.1, -0.05) is 13.8 Å². The van der Waals surface area contributed by atoms with Gasteiger partial charge >= 0.3 is 0 Å². The van der Waals surface area contributed by atoms with Crippen molar-refractivity contribution in [2.45, 2.75) is 20.3 Å². The Morgan fingerprint density at radius 1 is 1.33 bits per heavy atom. The van der Waals surface area contributed by atoms with Crippen LogP contribution in [0.3, 0.4) is 0 Å². The minimum Gasteiger partial charge on any atom is -0.399 e. The van der Waals surface area contributed by atoms with Crippen molar-refractivity contribution >= 4 is 17.3 Å². The van der Waals surface area contributed by atoms with E-state index in [2.05, 4.69) is 13.8 Å². The minimum atomic E-state index is -0.0523. The SMILES string of the molecule is CC(C)CCOCC(=O)N(C)c1ccc(N)cc1. The summed E-state index contributed by atoms with van der Waals surface area (Å²) in [6, 6.07) is 7.19. The molecule has 100 valence electrons. The van der Waals surface area contributed by atoms with E-state index in [4.69, 9.17) is 10.5 Å². The van der Waals surface area contributed by atoms with E-state index in [9.17, 15) is 4.79 Å². The lowest BCUT2D eigenvalue weighted by molar-refractivity contribution is -0.122. The monoisotopic (exact) mass is 250 g/mol. The predicted octanol–water partition coefficient (Wildman–Crippen LogP) is 2.29. The van der Waals surface area contributed by atoms with Gasteiger partial charge in [-0.2, -0.15) is 0 Å². The number of nitrogens with two attached hydrogens (primary N) is 1. The first-order valence-electron chi connectivity index (χ1n) is 6.20. The molecule has 0 fully saturated rings. The topological polar surface area (TPSA) is 55.6 Å². The Bertz CT molecular complexity index is 374. The van der Waals surface area contributed by atoms with Crippen molar-refractivity contribution in [1.29, 1.82) is 0 Å². The summed E-state index contributed by atoms with van der Waals surface area (Å²) in [5.74, 6) is 0.540. The largest absolute Gasteiger partial charge is 0.399 e. The van der Waals surface area contributed by atoms with Gasteiger partial charge in [-0.3, -0.25) is 4.79 Å². The van der Waals surface area contributed by atoms with Gasteiger partial charge in [0.15, 0.2) is 0 Å². The number of carbonyl (C=O) groups excluding carboxylic acids is 1. The molecule has 1 amide bonds. The standard InChI is InChI=1S/C14H22N2O2/c1-11(2)8-9-18-10-14(17)16(3)13-6-4-12(15)5-7-13/h4-7,11H,8-10,15H2,1-3H3.